The van der Waals surface area contributed by atoms with Gasteiger partial charge >= 0.3 is 5.97 Å². The number of aryl methyl sites for hydroxylation is 1. The average molecular weight is 290 g/mol. The fourth-order valence-corrected chi connectivity index (χ4v) is 2.30. The molecule has 5 heteroatoms. The van der Waals surface area contributed by atoms with Crippen molar-refractivity contribution in [1.82, 2.24) is 0 Å². The fraction of sp³-hybridized carbons (Fsp3) is 0.200. The number of nitrogens with zero attached hydrogens (tertiary/aromatic N) is 1. The van der Waals surface area contributed by atoms with Crippen LogP contribution in [-0.4, -0.2) is 11.7 Å². The Morgan fingerprint density at radius 1 is 1.20 bits per heavy atom. The summed E-state index contributed by atoms with van der Waals surface area (Å²) in [6, 6.07) is 8.34. The van der Waals surface area contributed by atoms with Crippen molar-refractivity contribution in [2.24, 2.45) is 5.16 Å². The number of hydrogen-bond acceptors (Lipinski definition) is 4. The number of hydrogen-bond donors (Lipinski definition) is 0. The van der Waals surface area contributed by atoms with Crippen molar-refractivity contribution >= 4 is 23.3 Å². The number of furan rings is 1. The molecule has 0 atom stereocenters. The maximum Gasteiger partial charge on any atom is 0.365 e. The van der Waals surface area contributed by atoms with Crippen molar-refractivity contribution in [3.05, 3.63) is 58.5 Å². The first kappa shape index (κ1) is 12.9. The minimum absolute atomic E-state index is 0.418. The van der Waals surface area contributed by atoms with Crippen molar-refractivity contribution in [2.45, 2.75) is 19.3 Å². The van der Waals surface area contributed by atoms with Crippen LogP contribution in [0.5, 0.6) is 0 Å². The van der Waals surface area contributed by atoms with E-state index in [-0.39, 0.29) is 0 Å². The van der Waals surface area contributed by atoms with Gasteiger partial charge in [0.25, 0.3) is 0 Å². The third-order valence-corrected chi connectivity index (χ3v) is 3.44. The van der Waals surface area contributed by atoms with Gasteiger partial charge in [-0.1, -0.05) is 16.8 Å². The van der Waals surface area contributed by atoms with Gasteiger partial charge in [-0.2, -0.15) is 0 Å². The second kappa shape index (κ2) is 5.51. The van der Waals surface area contributed by atoms with Gasteiger partial charge in [0.05, 0.1) is 17.5 Å². The number of rotatable bonds is 2. The Labute approximate surface area is 121 Å². The van der Waals surface area contributed by atoms with Crippen molar-refractivity contribution in [3.8, 4) is 0 Å². The molecule has 1 heterocycles. The number of fused-ring (bicyclic) bond motifs is 1. The molecule has 0 amide bonds. The quantitative estimate of drug-likeness (QED) is 0.623. The summed E-state index contributed by atoms with van der Waals surface area (Å²) in [7, 11) is 0. The highest BCUT2D eigenvalue weighted by Crippen LogP contribution is 2.23. The summed E-state index contributed by atoms with van der Waals surface area (Å²) < 4.78 is 5.35. The lowest BCUT2D eigenvalue weighted by Gasteiger charge is -2.11. The molecule has 1 aliphatic rings. The summed E-state index contributed by atoms with van der Waals surface area (Å²) in [6.07, 6.45) is 4.25. The number of benzene rings is 1. The Hall–Kier alpha value is -2.07. The molecular formula is C15H12ClNO3. The van der Waals surface area contributed by atoms with Gasteiger partial charge in [0.1, 0.15) is 5.76 Å². The first-order chi connectivity index (χ1) is 9.74. The van der Waals surface area contributed by atoms with Gasteiger partial charge in [-0.3, -0.25) is 0 Å². The third kappa shape index (κ3) is 2.60. The van der Waals surface area contributed by atoms with Crippen LogP contribution in [0.1, 0.15) is 34.5 Å². The van der Waals surface area contributed by atoms with E-state index in [9.17, 15) is 4.79 Å². The predicted octanol–water partition coefficient (Wildman–Crippen LogP) is 3.83. The molecular weight excluding hydrogens is 278 g/mol. The fourth-order valence-electron chi connectivity index (χ4n) is 2.17. The largest absolute Gasteiger partial charge is 0.469 e. The van der Waals surface area contributed by atoms with E-state index in [2.05, 4.69) is 5.16 Å². The molecule has 102 valence electrons. The molecule has 0 bridgehead atoms. The van der Waals surface area contributed by atoms with Crippen LogP contribution in [0.4, 0.5) is 0 Å². The highest BCUT2D eigenvalue weighted by atomic mass is 35.5. The summed E-state index contributed by atoms with van der Waals surface area (Å²) in [5.74, 6) is 0.405. The van der Waals surface area contributed by atoms with Crippen molar-refractivity contribution < 1.29 is 14.0 Å². The first-order valence-corrected chi connectivity index (χ1v) is 6.72. The highest BCUT2D eigenvalue weighted by Gasteiger charge is 2.19. The van der Waals surface area contributed by atoms with Crippen LogP contribution in [0.2, 0.25) is 5.02 Å². The zero-order valence-electron chi connectivity index (χ0n) is 10.6. The van der Waals surface area contributed by atoms with Crippen LogP contribution in [0.15, 0.2) is 46.2 Å². The van der Waals surface area contributed by atoms with Crippen LogP contribution in [-0.2, 0) is 11.3 Å². The van der Waals surface area contributed by atoms with Crippen molar-refractivity contribution in [2.75, 3.05) is 0 Å². The van der Waals surface area contributed by atoms with E-state index in [0.717, 1.165) is 36.3 Å². The Kier molecular flexibility index (Phi) is 3.56. The smallest absolute Gasteiger partial charge is 0.365 e. The Morgan fingerprint density at radius 3 is 2.80 bits per heavy atom. The van der Waals surface area contributed by atoms with Crippen LogP contribution < -0.4 is 0 Å². The van der Waals surface area contributed by atoms with Gasteiger partial charge in [0, 0.05) is 17.0 Å². The summed E-state index contributed by atoms with van der Waals surface area (Å²) in [6.45, 7) is 0. The van der Waals surface area contributed by atoms with E-state index in [1.54, 1.807) is 30.5 Å². The molecule has 0 fully saturated rings. The van der Waals surface area contributed by atoms with Crippen molar-refractivity contribution in [1.29, 1.82) is 0 Å². The molecule has 3 rings (SSSR count). The lowest BCUT2D eigenvalue weighted by atomic mass is 9.97. The first-order valence-electron chi connectivity index (χ1n) is 6.34. The minimum Gasteiger partial charge on any atom is -0.469 e. The molecule has 0 aliphatic heterocycles. The number of halogens is 1. The lowest BCUT2D eigenvalue weighted by Crippen LogP contribution is -2.11. The molecule has 1 aromatic heterocycles. The van der Waals surface area contributed by atoms with Crippen LogP contribution in [0.25, 0.3) is 0 Å². The average Bonchev–Trinajstić information content (AvgIpc) is 2.94. The van der Waals surface area contributed by atoms with Gasteiger partial charge < -0.3 is 9.25 Å². The van der Waals surface area contributed by atoms with Gasteiger partial charge in [-0.05, 0) is 43.2 Å². The van der Waals surface area contributed by atoms with Crippen LogP contribution in [0.3, 0.4) is 0 Å². The monoisotopic (exact) mass is 289 g/mol. The number of oxime groups is 1. The molecule has 0 unspecified atom stereocenters. The summed E-state index contributed by atoms with van der Waals surface area (Å²) >= 11 is 5.77. The van der Waals surface area contributed by atoms with Crippen molar-refractivity contribution in [3.63, 3.8) is 0 Å². The van der Waals surface area contributed by atoms with E-state index >= 15 is 0 Å². The summed E-state index contributed by atoms with van der Waals surface area (Å²) in [5.41, 5.74) is 2.10. The topological polar surface area (TPSA) is 51.8 Å². The number of carbonyl (C=O) groups is 1. The molecule has 0 spiro atoms. The van der Waals surface area contributed by atoms with E-state index in [1.165, 1.54) is 0 Å². The van der Waals surface area contributed by atoms with Gasteiger partial charge in [-0.15, -0.1) is 0 Å². The molecule has 1 aliphatic carbocycles. The third-order valence-electron chi connectivity index (χ3n) is 3.19. The second-order valence-corrected chi connectivity index (χ2v) is 4.97. The molecule has 4 nitrogen and oxygen atoms in total. The summed E-state index contributed by atoms with van der Waals surface area (Å²) in [5, 5.41) is 4.54. The Morgan fingerprint density at radius 2 is 2.00 bits per heavy atom. The molecule has 0 saturated carbocycles. The molecule has 1 aromatic carbocycles. The molecule has 20 heavy (non-hydrogen) atoms. The van der Waals surface area contributed by atoms with Gasteiger partial charge in [-0.25, -0.2) is 4.79 Å². The molecule has 2 aromatic rings. The zero-order chi connectivity index (χ0) is 13.9. The highest BCUT2D eigenvalue weighted by molar-refractivity contribution is 6.30. The normalized spacial score (nSPS) is 15.9. The Bertz CT molecular complexity index is 658. The van der Waals surface area contributed by atoms with Crippen LogP contribution >= 0.6 is 11.6 Å². The zero-order valence-corrected chi connectivity index (χ0v) is 11.4. The Balaban J connectivity index is 1.75. The molecule has 0 radical (unpaired) electrons. The SMILES string of the molecule is O=C(ON=C1CCCc2occc21)c1ccc(Cl)cc1. The maximum absolute atomic E-state index is 11.9. The van der Waals surface area contributed by atoms with Gasteiger partial charge in [0.15, 0.2) is 0 Å². The van der Waals surface area contributed by atoms with Crippen LogP contribution in [0, 0.1) is 0 Å². The standard InChI is InChI=1S/C15H12ClNO3/c16-11-6-4-10(5-7-11)15(18)20-17-13-2-1-3-14-12(13)8-9-19-14/h4-9H,1-3H2. The van der Waals surface area contributed by atoms with E-state index in [0.29, 0.717) is 10.6 Å². The molecule has 0 N–H and O–H groups in total. The predicted molar refractivity (Wildman–Crippen MR) is 75.1 cm³/mol. The maximum atomic E-state index is 11.9. The lowest BCUT2D eigenvalue weighted by molar-refractivity contribution is 0.0515. The minimum atomic E-state index is -0.496. The molecule has 0 saturated heterocycles. The van der Waals surface area contributed by atoms with E-state index in [4.69, 9.17) is 20.9 Å². The van der Waals surface area contributed by atoms with E-state index < -0.39 is 5.97 Å². The second-order valence-electron chi connectivity index (χ2n) is 4.53. The number of carbonyl (C=O) groups excluding carboxylic acids is 1. The van der Waals surface area contributed by atoms with E-state index in [1.807, 2.05) is 6.07 Å². The summed E-state index contributed by atoms with van der Waals surface area (Å²) in [4.78, 5) is 16.9. The van der Waals surface area contributed by atoms with Gasteiger partial charge in [0.2, 0.25) is 0 Å².